The van der Waals surface area contributed by atoms with Gasteiger partial charge in [0.2, 0.25) is 0 Å². The van der Waals surface area contributed by atoms with Crippen LogP contribution in [0.1, 0.15) is 57.1 Å². The molecule has 0 saturated heterocycles. The van der Waals surface area contributed by atoms with Gasteiger partial charge in [-0.1, -0.05) is 39.5 Å². The molecule has 0 radical (unpaired) electrons. The molecule has 1 N–H and O–H groups in total. The lowest BCUT2D eigenvalue weighted by Gasteiger charge is -2.10. The summed E-state index contributed by atoms with van der Waals surface area (Å²) in [6.07, 6.45) is 6.50. The van der Waals surface area contributed by atoms with Crippen LogP contribution in [-0.2, 0) is 6.54 Å². The van der Waals surface area contributed by atoms with Gasteiger partial charge in [0.25, 0.3) is 0 Å². The molecule has 116 valence electrons. The third-order valence-electron chi connectivity index (χ3n) is 3.61. The monoisotopic (exact) mass is 288 g/mol. The predicted octanol–water partition coefficient (Wildman–Crippen LogP) is 4.26. The Labute approximate surface area is 129 Å². The molecule has 0 spiro atoms. The largest absolute Gasteiger partial charge is 0.496 e. The molecule has 0 aliphatic carbocycles. The van der Waals surface area contributed by atoms with E-state index < -0.39 is 0 Å². The molecule has 0 bridgehead atoms. The first kappa shape index (κ1) is 17.5. The normalized spacial score (nSPS) is 10.6. The van der Waals surface area contributed by atoms with Gasteiger partial charge in [0, 0.05) is 12.1 Å². The van der Waals surface area contributed by atoms with Crippen LogP contribution in [0.3, 0.4) is 0 Å². The highest BCUT2D eigenvalue weighted by atomic mass is 16.5. The first-order valence-corrected chi connectivity index (χ1v) is 7.95. The summed E-state index contributed by atoms with van der Waals surface area (Å²) in [5, 5.41) is 12.4. The van der Waals surface area contributed by atoms with Gasteiger partial charge in [0.05, 0.1) is 18.7 Å². The van der Waals surface area contributed by atoms with Crippen molar-refractivity contribution in [2.24, 2.45) is 5.92 Å². The summed E-state index contributed by atoms with van der Waals surface area (Å²) in [6.45, 7) is 6.33. The van der Waals surface area contributed by atoms with Crippen molar-refractivity contribution >= 4 is 0 Å². The maximum Gasteiger partial charge on any atom is 0.123 e. The molecule has 0 aliphatic rings. The van der Waals surface area contributed by atoms with Crippen LogP contribution in [0.15, 0.2) is 18.2 Å². The second-order valence-corrected chi connectivity index (χ2v) is 5.91. The van der Waals surface area contributed by atoms with Gasteiger partial charge in [-0.2, -0.15) is 5.26 Å². The number of hydrogen-bond acceptors (Lipinski definition) is 3. The molecular formula is C18H28N2O. The Hall–Kier alpha value is -1.53. The lowest BCUT2D eigenvalue weighted by molar-refractivity contribution is 0.407. The molecule has 0 heterocycles. The first-order valence-electron chi connectivity index (χ1n) is 7.95. The van der Waals surface area contributed by atoms with E-state index in [1.165, 1.54) is 32.1 Å². The Balaban J connectivity index is 2.22. The summed E-state index contributed by atoms with van der Waals surface area (Å²) in [6, 6.07) is 7.72. The molecule has 1 aromatic rings. The van der Waals surface area contributed by atoms with Crippen LogP contribution in [0.4, 0.5) is 0 Å². The highest BCUT2D eigenvalue weighted by Gasteiger charge is 2.04. The number of hydrogen-bond donors (Lipinski definition) is 1. The fourth-order valence-electron chi connectivity index (χ4n) is 2.37. The van der Waals surface area contributed by atoms with Gasteiger partial charge in [-0.3, -0.25) is 0 Å². The second-order valence-electron chi connectivity index (χ2n) is 5.91. The van der Waals surface area contributed by atoms with E-state index in [-0.39, 0.29) is 0 Å². The number of nitrogens with one attached hydrogen (secondary N) is 1. The smallest absolute Gasteiger partial charge is 0.123 e. The number of benzene rings is 1. The molecule has 0 unspecified atom stereocenters. The lowest BCUT2D eigenvalue weighted by atomic mass is 10.0. The minimum absolute atomic E-state index is 0.682. The zero-order valence-electron chi connectivity index (χ0n) is 13.6. The molecule has 0 atom stereocenters. The van der Waals surface area contributed by atoms with Gasteiger partial charge in [-0.05, 0) is 37.1 Å². The third kappa shape index (κ3) is 7.15. The topological polar surface area (TPSA) is 45.0 Å². The van der Waals surface area contributed by atoms with Crippen molar-refractivity contribution in [1.29, 1.82) is 5.26 Å². The highest BCUT2D eigenvalue weighted by Crippen LogP contribution is 2.19. The number of rotatable bonds is 10. The van der Waals surface area contributed by atoms with Gasteiger partial charge in [0.15, 0.2) is 0 Å². The zero-order valence-corrected chi connectivity index (χ0v) is 13.6. The summed E-state index contributed by atoms with van der Waals surface area (Å²) >= 11 is 0. The van der Waals surface area contributed by atoms with Crippen molar-refractivity contribution in [3.8, 4) is 11.8 Å². The summed E-state index contributed by atoms with van der Waals surface area (Å²) < 4.78 is 5.33. The minimum atomic E-state index is 0.682. The SMILES string of the molecule is COc1ccc(C#N)cc1CNCCCCCCC(C)C. The number of unbranched alkanes of at least 4 members (excludes halogenated alkanes) is 3. The molecule has 0 aromatic heterocycles. The molecular weight excluding hydrogens is 260 g/mol. The van der Waals surface area contributed by atoms with E-state index in [0.29, 0.717) is 5.56 Å². The van der Waals surface area contributed by atoms with Crippen LogP contribution in [0, 0.1) is 17.2 Å². The van der Waals surface area contributed by atoms with Crippen molar-refractivity contribution in [1.82, 2.24) is 5.32 Å². The Morgan fingerprint density at radius 3 is 2.62 bits per heavy atom. The van der Waals surface area contributed by atoms with Gasteiger partial charge < -0.3 is 10.1 Å². The molecule has 0 saturated carbocycles. The minimum Gasteiger partial charge on any atom is -0.496 e. The molecule has 0 amide bonds. The Kier molecular flexibility index (Phi) is 8.54. The second kappa shape index (κ2) is 10.2. The lowest BCUT2D eigenvalue weighted by Crippen LogP contribution is -2.15. The summed E-state index contributed by atoms with van der Waals surface area (Å²) in [5.41, 5.74) is 1.73. The van der Waals surface area contributed by atoms with Crippen molar-refractivity contribution < 1.29 is 4.74 Å². The third-order valence-corrected chi connectivity index (χ3v) is 3.61. The number of nitrogens with zero attached hydrogens (tertiary/aromatic N) is 1. The van der Waals surface area contributed by atoms with E-state index in [1.54, 1.807) is 13.2 Å². The Bertz CT molecular complexity index is 449. The standard InChI is InChI=1S/C18H28N2O/c1-15(2)8-6-4-5-7-11-20-14-17-12-16(13-19)9-10-18(17)21-3/h9-10,12,15,20H,4-8,11,14H2,1-3H3. The van der Waals surface area contributed by atoms with Gasteiger partial charge >= 0.3 is 0 Å². The van der Waals surface area contributed by atoms with Crippen LogP contribution in [0.25, 0.3) is 0 Å². The maximum absolute atomic E-state index is 8.95. The molecule has 0 aliphatic heterocycles. The van der Waals surface area contributed by atoms with Crippen LogP contribution in [0.2, 0.25) is 0 Å². The van der Waals surface area contributed by atoms with Crippen LogP contribution < -0.4 is 10.1 Å². The molecule has 3 nitrogen and oxygen atoms in total. The summed E-state index contributed by atoms with van der Waals surface area (Å²) in [5.74, 6) is 1.67. The first-order chi connectivity index (χ1) is 10.2. The average Bonchev–Trinajstić information content (AvgIpc) is 2.49. The van der Waals surface area contributed by atoms with E-state index in [4.69, 9.17) is 10.00 Å². The molecule has 0 fully saturated rings. The average molecular weight is 288 g/mol. The molecule has 21 heavy (non-hydrogen) atoms. The van der Waals surface area contributed by atoms with Crippen molar-refractivity contribution in [2.45, 2.75) is 52.5 Å². The summed E-state index contributed by atoms with van der Waals surface area (Å²) in [7, 11) is 1.67. The van der Waals surface area contributed by atoms with Crippen LogP contribution >= 0.6 is 0 Å². The Morgan fingerprint density at radius 1 is 1.19 bits per heavy atom. The van der Waals surface area contributed by atoms with E-state index in [0.717, 1.165) is 30.3 Å². The fourth-order valence-corrected chi connectivity index (χ4v) is 2.37. The number of methoxy groups -OCH3 is 1. The highest BCUT2D eigenvalue weighted by molar-refractivity contribution is 5.41. The quantitative estimate of drug-likeness (QED) is 0.654. The predicted molar refractivity (Wildman–Crippen MR) is 87.3 cm³/mol. The van der Waals surface area contributed by atoms with Gasteiger partial charge in [0.1, 0.15) is 5.75 Å². The van der Waals surface area contributed by atoms with Gasteiger partial charge in [-0.15, -0.1) is 0 Å². The van der Waals surface area contributed by atoms with E-state index in [1.807, 2.05) is 12.1 Å². The number of nitriles is 1. The molecule has 1 rings (SSSR count). The van der Waals surface area contributed by atoms with Gasteiger partial charge in [-0.25, -0.2) is 0 Å². The number of ether oxygens (including phenoxy) is 1. The molecule has 3 heteroatoms. The fraction of sp³-hybridized carbons (Fsp3) is 0.611. The van der Waals surface area contributed by atoms with E-state index in [9.17, 15) is 0 Å². The molecule has 1 aromatic carbocycles. The van der Waals surface area contributed by atoms with Crippen molar-refractivity contribution in [3.05, 3.63) is 29.3 Å². The van der Waals surface area contributed by atoms with Crippen LogP contribution in [0.5, 0.6) is 5.75 Å². The van der Waals surface area contributed by atoms with E-state index in [2.05, 4.69) is 25.2 Å². The van der Waals surface area contributed by atoms with Crippen molar-refractivity contribution in [3.63, 3.8) is 0 Å². The summed E-state index contributed by atoms with van der Waals surface area (Å²) in [4.78, 5) is 0. The maximum atomic E-state index is 8.95. The van der Waals surface area contributed by atoms with E-state index >= 15 is 0 Å². The Morgan fingerprint density at radius 2 is 1.95 bits per heavy atom. The van der Waals surface area contributed by atoms with Crippen molar-refractivity contribution in [2.75, 3.05) is 13.7 Å². The zero-order chi connectivity index (χ0) is 15.5. The van der Waals surface area contributed by atoms with Crippen LogP contribution in [-0.4, -0.2) is 13.7 Å².